The van der Waals surface area contributed by atoms with Crippen LogP contribution in [0.3, 0.4) is 0 Å². The van der Waals surface area contributed by atoms with Gasteiger partial charge >= 0.3 is 0 Å². The normalized spacial score (nSPS) is 10.9. The first kappa shape index (κ1) is 12.6. The topological polar surface area (TPSA) is 56.2 Å². The first-order chi connectivity index (χ1) is 10.8. The molecule has 22 heavy (non-hydrogen) atoms. The molecule has 0 unspecified atom stereocenters. The van der Waals surface area contributed by atoms with E-state index in [1.165, 1.54) is 0 Å². The van der Waals surface area contributed by atoms with Crippen LogP contribution in [0, 0.1) is 0 Å². The minimum Gasteiger partial charge on any atom is -0.385 e. The molecule has 4 aromatic rings. The molecule has 2 aromatic carbocycles. The van der Waals surface area contributed by atoms with E-state index in [0.717, 1.165) is 22.5 Å². The summed E-state index contributed by atoms with van der Waals surface area (Å²) in [7, 11) is 0. The van der Waals surface area contributed by atoms with Crippen molar-refractivity contribution in [2.45, 2.75) is 0 Å². The van der Waals surface area contributed by atoms with E-state index < -0.39 is 0 Å². The van der Waals surface area contributed by atoms with Crippen LogP contribution in [-0.2, 0) is 0 Å². The van der Waals surface area contributed by atoms with Crippen molar-refractivity contribution in [1.82, 2.24) is 14.4 Å². The third-order valence-electron chi connectivity index (χ3n) is 3.61. The van der Waals surface area contributed by atoms with Gasteiger partial charge in [-0.15, -0.1) is 0 Å². The number of nitrogen functional groups attached to an aromatic ring is 1. The Morgan fingerprint density at radius 3 is 1.91 bits per heavy atom. The van der Waals surface area contributed by atoms with Crippen LogP contribution in [0.4, 0.5) is 5.82 Å². The maximum absolute atomic E-state index is 6.17. The Hall–Kier alpha value is -3.14. The number of fused-ring (bicyclic) bond motifs is 1. The van der Waals surface area contributed by atoms with E-state index in [2.05, 4.69) is 9.97 Å². The summed E-state index contributed by atoms with van der Waals surface area (Å²) in [5.41, 5.74) is 9.94. The number of nitrogens with zero attached hydrogens (tertiary/aromatic N) is 3. The molecule has 4 nitrogen and oxygen atoms in total. The minimum absolute atomic E-state index is 0.609. The molecule has 0 aliphatic heterocycles. The third-order valence-corrected chi connectivity index (χ3v) is 3.61. The predicted octanol–water partition coefficient (Wildman–Crippen LogP) is 3.65. The van der Waals surface area contributed by atoms with Crippen LogP contribution in [0.5, 0.6) is 0 Å². The molecule has 0 saturated heterocycles. The Kier molecular flexibility index (Phi) is 2.86. The first-order valence-corrected chi connectivity index (χ1v) is 7.08. The molecule has 0 bridgehead atoms. The molecule has 106 valence electrons. The zero-order valence-electron chi connectivity index (χ0n) is 11.8. The van der Waals surface area contributed by atoms with Crippen LogP contribution in [0.25, 0.3) is 28.3 Å². The van der Waals surface area contributed by atoms with E-state index in [1.54, 1.807) is 0 Å². The molecular weight excluding hydrogens is 272 g/mol. The van der Waals surface area contributed by atoms with E-state index in [0.29, 0.717) is 11.6 Å². The standard InChI is InChI=1S/C18H14N4/c19-17-11-15(13-7-3-1-4-8-13)20-18-21-16(12-22(17)18)14-9-5-2-6-10-14/h1-12H,19H2. The lowest BCUT2D eigenvalue weighted by Crippen LogP contribution is -1.99. The van der Waals surface area contributed by atoms with Gasteiger partial charge in [-0.25, -0.2) is 9.97 Å². The summed E-state index contributed by atoms with van der Waals surface area (Å²) in [4.78, 5) is 9.23. The number of hydrogen-bond donors (Lipinski definition) is 1. The van der Waals surface area contributed by atoms with E-state index >= 15 is 0 Å². The van der Waals surface area contributed by atoms with Gasteiger partial charge in [0.2, 0.25) is 5.78 Å². The van der Waals surface area contributed by atoms with Crippen LogP contribution >= 0.6 is 0 Å². The summed E-state index contributed by atoms with van der Waals surface area (Å²) in [5, 5.41) is 0. The zero-order valence-corrected chi connectivity index (χ0v) is 11.8. The largest absolute Gasteiger partial charge is 0.385 e. The number of imidazole rings is 1. The second kappa shape index (κ2) is 5.00. The van der Waals surface area contributed by atoms with Gasteiger partial charge in [-0.05, 0) is 0 Å². The molecule has 2 aromatic heterocycles. The highest BCUT2D eigenvalue weighted by Crippen LogP contribution is 2.24. The highest BCUT2D eigenvalue weighted by Gasteiger charge is 2.10. The second-order valence-electron chi connectivity index (χ2n) is 5.09. The molecule has 0 amide bonds. The molecule has 0 aliphatic rings. The van der Waals surface area contributed by atoms with Gasteiger partial charge in [0.1, 0.15) is 5.82 Å². The Balaban J connectivity index is 1.88. The SMILES string of the molecule is Nc1cc(-c2ccccc2)nc2nc(-c3ccccc3)cn12. The van der Waals surface area contributed by atoms with E-state index in [1.807, 2.05) is 77.3 Å². The Bertz CT molecular complexity index is 927. The second-order valence-corrected chi connectivity index (χ2v) is 5.09. The van der Waals surface area contributed by atoms with Gasteiger partial charge in [0.25, 0.3) is 0 Å². The van der Waals surface area contributed by atoms with Crippen molar-refractivity contribution in [2.75, 3.05) is 5.73 Å². The van der Waals surface area contributed by atoms with Crippen molar-refractivity contribution in [2.24, 2.45) is 0 Å². The van der Waals surface area contributed by atoms with Gasteiger partial charge in [0, 0.05) is 23.4 Å². The number of hydrogen-bond acceptors (Lipinski definition) is 3. The quantitative estimate of drug-likeness (QED) is 0.612. The Labute approximate surface area is 127 Å². The fraction of sp³-hybridized carbons (Fsp3) is 0. The summed E-state index contributed by atoms with van der Waals surface area (Å²) in [6.07, 6.45) is 1.92. The summed E-state index contributed by atoms with van der Waals surface area (Å²) in [6.45, 7) is 0. The van der Waals surface area contributed by atoms with Crippen molar-refractivity contribution < 1.29 is 0 Å². The molecule has 0 atom stereocenters. The van der Waals surface area contributed by atoms with Gasteiger partial charge in [0.15, 0.2) is 0 Å². The Morgan fingerprint density at radius 2 is 1.27 bits per heavy atom. The van der Waals surface area contributed by atoms with Gasteiger partial charge in [0.05, 0.1) is 11.4 Å². The maximum atomic E-state index is 6.17. The molecule has 0 saturated carbocycles. The van der Waals surface area contributed by atoms with E-state index in [-0.39, 0.29) is 0 Å². The molecule has 0 fully saturated rings. The van der Waals surface area contributed by atoms with Crippen LogP contribution in [0.2, 0.25) is 0 Å². The van der Waals surface area contributed by atoms with Crippen molar-refractivity contribution >= 4 is 11.6 Å². The first-order valence-electron chi connectivity index (χ1n) is 7.08. The van der Waals surface area contributed by atoms with Crippen molar-refractivity contribution in [3.63, 3.8) is 0 Å². The number of rotatable bonds is 2. The maximum Gasteiger partial charge on any atom is 0.236 e. The Morgan fingerprint density at radius 1 is 0.727 bits per heavy atom. The monoisotopic (exact) mass is 286 g/mol. The molecule has 0 spiro atoms. The summed E-state index contributed by atoms with van der Waals surface area (Å²) in [5.74, 6) is 1.23. The number of nitrogens with two attached hydrogens (primary N) is 1. The fourth-order valence-electron chi connectivity index (χ4n) is 2.49. The zero-order chi connectivity index (χ0) is 14.9. The summed E-state index contributed by atoms with van der Waals surface area (Å²) in [6, 6.07) is 21.9. The average Bonchev–Trinajstić information content (AvgIpc) is 3.01. The highest BCUT2D eigenvalue weighted by atomic mass is 15.1. The molecule has 4 heteroatoms. The number of anilines is 1. The molecule has 0 aliphatic carbocycles. The van der Waals surface area contributed by atoms with Gasteiger partial charge in [-0.1, -0.05) is 60.7 Å². The summed E-state index contributed by atoms with van der Waals surface area (Å²) >= 11 is 0. The van der Waals surface area contributed by atoms with Crippen molar-refractivity contribution in [3.8, 4) is 22.5 Å². The fourth-order valence-corrected chi connectivity index (χ4v) is 2.49. The third kappa shape index (κ3) is 2.11. The number of benzene rings is 2. The predicted molar refractivity (Wildman–Crippen MR) is 88.3 cm³/mol. The molecule has 2 heterocycles. The molecule has 0 radical (unpaired) electrons. The number of aromatic nitrogens is 3. The molecule has 4 rings (SSSR count). The minimum atomic E-state index is 0.609. The van der Waals surface area contributed by atoms with Crippen molar-refractivity contribution in [1.29, 1.82) is 0 Å². The lowest BCUT2D eigenvalue weighted by molar-refractivity contribution is 1.12. The smallest absolute Gasteiger partial charge is 0.236 e. The van der Waals surface area contributed by atoms with Crippen LogP contribution < -0.4 is 5.73 Å². The molecular formula is C18H14N4. The van der Waals surface area contributed by atoms with Crippen LogP contribution in [0.1, 0.15) is 0 Å². The van der Waals surface area contributed by atoms with Gasteiger partial charge < -0.3 is 5.73 Å². The van der Waals surface area contributed by atoms with Gasteiger partial charge in [-0.2, -0.15) is 0 Å². The molecule has 2 N–H and O–H groups in total. The average molecular weight is 286 g/mol. The van der Waals surface area contributed by atoms with E-state index in [4.69, 9.17) is 5.73 Å². The highest BCUT2D eigenvalue weighted by molar-refractivity contribution is 5.68. The lowest BCUT2D eigenvalue weighted by Gasteiger charge is -2.04. The summed E-state index contributed by atoms with van der Waals surface area (Å²) < 4.78 is 1.81. The lowest BCUT2D eigenvalue weighted by atomic mass is 10.1. The van der Waals surface area contributed by atoms with Crippen LogP contribution in [0.15, 0.2) is 72.9 Å². The van der Waals surface area contributed by atoms with Crippen LogP contribution in [-0.4, -0.2) is 14.4 Å². The van der Waals surface area contributed by atoms with E-state index in [9.17, 15) is 0 Å². The van der Waals surface area contributed by atoms with Gasteiger partial charge in [-0.3, -0.25) is 4.40 Å². The van der Waals surface area contributed by atoms with Crippen molar-refractivity contribution in [3.05, 3.63) is 72.9 Å².